The molecule has 166 valence electrons. The molecule has 2 aliphatic rings. The average Bonchev–Trinajstić information content (AvgIpc) is 3.18. The van der Waals surface area contributed by atoms with Gasteiger partial charge in [-0.25, -0.2) is 9.69 Å². The predicted molar refractivity (Wildman–Crippen MR) is 119 cm³/mol. The number of fused-ring (bicyclic) bond motifs is 5. The summed E-state index contributed by atoms with van der Waals surface area (Å²) in [5.41, 5.74) is 1.68. The fourth-order valence-corrected chi connectivity index (χ4v) is 4.97. The smallest absolute Gasteiger partial charge is 0.328 e. The Balaban J connectivity index is 1.71. The number of H-pyrrole nitrogens is 1. The minimum Gasteiger partial charge on any atom is -0.356 e. The number of aromatic nitrogens is 1. The number of benzene rings is 1. The largest absolute Gasteiger partial charge is 0.356 e. The van der Waals surface area contributed by atoms with Gasteiger partial charge in [0.1, 0.15) is 6.04 Å². The number of imide groups is 1. The van der Waals surface area contributed by atoms with Crippen LogP contribution in [0.4, 0.5) is 4.79 Å². The molecule has 0 unspecified atom stereocenters. The third-order valence-corrected chi connectivity index (χ3v) is 6.70. The van der Waals surface area contributed by atoms with E-state index in [-0.39, 0.29) is 23.8 Å². The zero-order valence-electron chi connectivity index (χ0n) is 19.0. The average molecular weight is 425 g/mol. The molecule has 0 radical (unpaired) electrons. The highest BCUT2D eigenvalue weighted by molar-refractivity contribution is 6.11. The lowest BCUT2D eigenvalue weighted by molar-refractivity contribution is -0.140. The Bertz CT molecular complexity index is 1040. The molecule has 0 spiro atoms. The van der Waals surface area contributed by atoms with Crippen LogP contribution in [0.15, 0.2) is 24.3 Å². The van der Waals surface area contributed by atoms with Crippen LogP contribution in [-0.4, -0.2) is 51.8 Å². The molecule has 4 amide bonds. The van der Waals surface area contributed by atoms with Crippen molar-refractivity contribution in [1.29, 1.82) is 0 Å². The molecule has 2 atom stereocenters. The van der Waals surface area contributed by atoms with Gasteiger partial charge in [0.05, 0.1) is 5.69 Å². The molecule has 31 heavy (non-hydrogen) atoms. The van der Waals surface area contributed by atoms with Gasteiger partial charge in [0.15, 0.2) is 5.54 Å². The number of nitrogens with one attached hydrogen (secondary N) is 2. The predicted octanol–water partition coefficient (Wildman–Crippen LogP) is 3.39. The first-order valence-electron chi connectivity index (χ1n) is 11.2. The van der Waals surface area contributed by atoms with Gasteiger partial charge < -0.3 is 15.2 Å². The maximum absolute atomic E-state index is 13.8. The second-order valence-electron chi connectivity index (χ2n) is 9.62. The fraction of sp³-hybridized carbons (Fsp3) is 0.542. The van der Waals surface area contributed by atoms with Crippen LogP contribution >= 0.6 is 0 Å². The standard InChI is InChI=1S/C24H32N4O3/c1-14(2)10-12-25-21(29)19(15(3)4)28-22(30)24(5)20-17(11-13-27(24)23(28)31)16-8-6-7-9-18(16)26-20/h6-9,14-15,19,26H,10-13H2,1-5H3,(H,25,29)/t19-,24-/m0/s1. The number of nitrogens with zero attached hydrogens (tertiary/aromatic N) is 2. The van der Waals surface area contributed by atoms with Crippen LogP contribution in [0.25, 0.3) is 10.9 Å². The Morgan fingerprint density at radius 1 is 1.19 bits per heavy atom. The van der Waals surface area contributed by atoms with Crippen LogP contribution < -0.4 is 5.32 Å². The number of amides is 4. The molecule has 1 aromatic carbocycles. The quantitative estimate of drug-likeness (QED) is 0.697. The van der Waals surface area contributed by atoms with Crippen molar-refractivity contribution in [3.8, 4) is 0 Å². The van der Waals surface area contributed by atoms with Crippen LogP contribution in [0.3, 0.4) is 0 Å². The summed E-state index contributed by atoms with van der Waals surface area (Å²) in [6.45, 7) is 10.7. The number of urea groups is 1. The Labute approximate surface area is 183 Å². The van der Waals surface area contributed by atoms with E-state index in [0.29, 0.717) is 25.4 Å². The van der Waals surface area contributed by atoms with Crippen LogP contribution in [0.2, 0.25) is 0 Å². The van der Waals surface area contributed by atoms with E-state index < -0.39 is 11.6 Å². The van der Waals surface area contributed by atoms with Crippen molar-refractivity contribution >= 4 is 28.7 Å². The molecule has 0 aliphatic carbocycles. The summed E-state index contributed by atoms with van der Waals surface area (Å²) in [5, 5.41) is 4.02. The van der Waals surface area contributed by atoms with Crippen molar-refractivity contribution in [3.05, 3.63) is 35.5 Å². The molecule has 7 nitrogen and oxygen atoms in total. The van der Waals surface area contributed by atoms with Gasteiger partial charge in [-0.15, -0.1) is 0 Å². The van der Waals surface area contributed by atoms with Gasteiger partial charge in [0.25, 0.3) is 5.91 Å². The molecule has 2 N–H and O–H groups in total. The van der Waals surface area contributed by atoms with Crippen molar-refractivity contribution in [2.45, 2.75) is 59.0 Å². The molecular formula is C24H32N4O3. The second kappa shape index (κ2) is 7.70. The van der Waals surface area contributed by atoms with Gasteiger partial charge in [0, 0.05) is 24.0 Å². The summed E-state index contributed by atoms with van der Waals surface area (Å²) >= 11 is 0. The fourth-order valence-electron chi connectivity index (χ4n) is 4.97. The van der Waals surface area contributed by atoms with Crippen LogP contribution in [0, 0.1) is 11.8 Å². The Hall–Kier alpha value is -2.83. The van der Waals surface area contributed by atoms with Gasteiger partial charge >= 0.3 is 6.03 Å². The van der Waals surface area contributed by atoms with E-state index in [9.17, 15) is 14.4 Å². The minimum absolute atomic E-state index is 0.195. The minimum atomic E-state index is -1.13. The molecule has 3 heterocycles. The van der Waals surface area contributed by atoms with E-state index >= 15 is 0 Å². The number of hydrogen-bond acceptors (Lipinski definition) is 3. The zero-order chi connectivity index (χ0) is 22.5. The molecule has 1 fully saturated rings. The number of aromatic amines is 1. The Kier molecular flexibility index (Phi) is 5.31. The first-order valence-corrected chi connectivity index (χ1v) is 11.2. The SMILES string of the molecule is CC(C)CCNC(=O)[C@H](C(C)C)N1C(=O)N2CCc3c([nH]c4ccccc34)[C@@]2(C)C1=O. The Morgan fingerprint density at radius 2 is 1.90 bits per heavy atom. The maximum atomic E-state index is 13.8. The van der Waals surface area contributed by atoms with Gasteiger partial charge in [-0.3, -0.25) is 9.59 Å². The van der Waals surface area contributed by atoms with Crippen molar-refractivity contribution in [1.82, 2.24) is 20.1 Å². The molecule has 1 aromatic heterocycles. The Morgan fingerprint density at radius 3 is 2.58 bits per heavy atom. The molecule has 0 bridgehead atoms. The van der Waals surface area contributed by atoms with E-state index in [2.05, 4.69) is 24.1 Å². The highest BCUT2D eigenvalue weighted by Gasteiger charge is 2.61. The molecule has 2 aromatic rings. The molecule has 0 saturated carbocycles. The van der Waals surface area contributed by atoms with Gasteiger partial charge in [0.2, 0.25) is 5.91 Å². The van der Waals surface area contributed by atoms with Crippen molar-refractivity contribution in [2.24, 2.45) is 11.8 Å². The van der Waals surface area contributed by atoms with Crippen molar-refractivity contribution in [3.63, 3.8) is 0 Å². The number of carbonyl (C=O) groups is 3. The van der Waals surface area contributed by atoms with Crippen molar-refractivity contribution < 1.29 is 14.4 Å². The summed E-state index contributed by atoms with van der Waals surface area (Å²) in [7, 11) is 0. The number of rotatable bonds is 6. The van der Waals surface area contributed by atoms with E-state index in [0.717, 1.165) is 28.6 Å². The number of para-hydroxylation sites is 1. The summed E-state index contributed by atoms with van der Waals surface area (Å²) in [6.07, 6.45) is 1.52. The first-order chi connectivity index (χ1) is 14.7. The van der Waals surface area contributed by atoms with Gasteiger partial charge in [-0.1, -0.05) is 45.9 Å². The molecule has 7 heteroatoms. The topological polar surface area (TPSA) is 85.5 Å². The lowest BCUT2D eigenvalue weighted by Crippen LogP contribution is -2.53. The molecule has 1 saturated heterocycles. The van der Waals surface area contributed by atoms with E-state index in [1.807, 2.05) is 38.1 Å². The molecule has 4 rings (SSSR count). The highest BCUT2D eigenvalue weighted by atomic mass is 16.2. The molecular weight excluding hydrogens is 392 g/mol. The third kappa shape index (κ3) is 3.22. The van der Waals surface area contributed by atoms with E-state index in [4.69, 9.17) is 0 Å². The summed E-state index contributed by atoms with van der Waals surface area (Å²) < 4.78 is 0. The third-order valence-electron chi connectivity index (χ3n) is 6.70. The number of carbonyl (C=O) groups excluding carboxylic acids is 3. The van der Waals surface area contributed by atoms with E-state index in [1.165, 1.54) is 4.90 Å². The second-order valence-corrected chi connectivity index (χ2v) is 9.62. The highest BCUT2D eigenvalue weighted by Crippen LogP contribution is 2.45. The lowest BCUT2D eigenvalue weighted by atomic mass is 9.86. The van der Waals surface area contributed by atoms with E-state index in [1.54, 1.807) is 11.8 Å². The summed E-state index contributed by atoms with van der Waals surface area (Å²) in [6, 6.07) is 6.75. The normalized spacial score (nSPS) is 21.8. The lowest BCUT2D eigenvalue weighted by Gasteiger charge is -2.36. The van der Waals surface area contributed by atoms with Gasteiger partial charge in [-0.05, 0) is 43.2 Å². The van der Waals surface area contributed by atoms with Crippen LogP contribution in [0.5, 0.6) is 0 Å². The number of hydrogen-bond donors (Lipinski definition) is 2. The summed E-state index contributed by atoms with van der Waals surface area (Å²) in [4.78, 5) is 46.5. The maximum Gasteiger partial charge on any atom is 0.328 e. The van der Waals surface area contributed by atoms with Crippen LogP contribution in [-0.2, 0) is 21.5 Å². The zero-order valence-corrected chi connectivity index (χ0v) is 19.0. The molecule has 2 aliphatic heterocycles. The summed E-state index contributed by atoms with van der Waals surface area (Å²) in [5.74, 6) is -0.333. The van der Waals surface area contributed by atoms with Crippen LogP contribution in [0.1, 0.15) is 52.3 Å². The van der Waals surface area contributed by atoms with Gasteiger partial charge in [-0.2, -0.15) is 0 Å². The van der Waals surface area contributed by atoms with Crippen molar-refractivity contribution in [2.75, 3.05) is 13.1 Å². The monoisotopic (exact) mass is 424 g/mol. The first kappa shape index (κ1) is 21.4.